The number of halogens is 1. The Morgan fingerprint density at radius 1 is 1.43 bits per heavy atom. The monoisotopic (exact) mass is 355 g/mol. The lowest BCUT2D eigenvalue weighted by Gasteiger charge is -2.31. The minimum Gasteiger partial charge on any atom is -0.378 e. The van der Waals surface area contributed by atoms with E-state index in [-0.39, 0.29) is 11.8 Å². The quantitative estimate of drug-likeness (QED) is 0.848. The summed E-state index contributed by atoms with van der Waals surface area (Å²) in [4.78, 5) is 14.5. The van der Waals surface area contributed by atoms with Crippen molar-refractivity contribution in [3.05, 3.63) is 22.7 Å². The normalized spacial score (nSPS) is 16.6. The topological polar surface area (TPSA) is 53.6 Å². The van der Waals surface area contributed by atoms with Crippen molar-refractivity contribution in [2.24, 2.45) is 5.92 Å². The van der Waals surface area contributed by atoms with Crippen LogP contribution in [-0.2, 0) is 9.53 Å². The number of nitrogens with one attached hydrogen (secondary N) is 2. The number of hydrogen-bond acceptors (Lipinski definition) is 4. The van der Waals surface area contributed by atoms with E-state index in [1.165, 1.54) is 0 Å². The summed E-state index contributed by atoms with van der Waals surface area (Å²) in [5, 5.41) is 6.07. The van der Waals surface area contributed by atoms with E-state index in [9.17, 15) is 4.79 Å². The molecule has 1 saturated heterocycles. The van der Waals surface area contributed by atoms with Gasteiger partial charge in [-0.25, -0.2) is 0 Å². The van der Waals surface area contributed by atoms with Crippen LogP contribution < -0.4 is 15.5 Å². The van der Waals surface area contributed by atoms with E-state index in [2.05, 4.69) is 31.5 Å². The Kier molecular flexibility index (Phi) is 6.02. The number of carbonyl (C=O) groups is 1. The van der Waals surface area contributed by atoms with Crippen LogP contribution in [0.15, 0.2) is 22.7 Å². The van der Waals surface area contributed by atoms with Crippen LogP contribution in [0.1, 0.15) is 6.92 Å². The minimum atomic E-state index is -0.0773. The van der Waals surface area contributed by atoms with Crippen LogP contribution in [0.4, 0.5) is 11.4 Å². The fourth-order valence-electron chi connectivity index (χ4n) is 2.34. The predicted octanol–water partition coefficient (Wildman–Crippen LogP) is 2.08. The molecule has 0 radical (unpaired) electrons. The highest BCUT2D eigenvalue weighted by molar-refractivity contribution is 9.10. The van der Waals surface area contributed by atoms with E-state index in [4.69, 9.17) is 4.74 Å². The summed E-state index contributed by atoms with van der Waals surface area (Å²) in [5.41, 5.74) is 1.89. The largest absolute Gasteiger partial charge is 0.378 e. The van der Waals surface area contributed by atoms with Crippen LogP contribution in [0.3, 0.4) is 0 Å². The minimum absolute atomic E-state index is 0.0250. The lowest BCUT2D eigenvalue weighted by Crippen LogP contribution is -2.37. The van der Waals surface area contributed by atoms with Gasteiger partial charge in [-0.2, -0.15) is 0 Å². The molecule has 6 heteroatoms. The van der Waals surface area contributed by atoms with Crippen LogP contribution in [0.2, 0.25) is 0 Å². The molecular formula is C15H22BrN3O2. The van der Waals surface area contributed by atoms with Crippen LogP contribution in [0.5, 0.6) is 0 Å². The number of hydrogen-bond donors (Lipinski definition) is 2. The Morgan fingerprint density at radius 3 is 2.81 bits per heavy atom. The van der Waals surface area contributed by atoms with Crippen LogP contribution >= 0.6 is 15.9 Å². The van der Waals surface area contributed by atoms with Gasteiger partial charge < -0.3 is 20.3 Å². The molecule has 1 aromatic carbocycles. The maximum absolute atomic E-state index is 12.2. The maximum Gasteiger partial charge on any atom is 0.228 e. The summed E-state index contributed by atoms with van der Waals surface area (Å²) in [6, 6.07) is 5.99. The van der Waals surface area contributed by atoms with E-state index in [1.54, 1.807) is 0 Å². The molecule has 116 valence electrons. The Morgan fingerprint density at radius 2 is 2.14 bits per heavy atom. The Hall–Kier alpha value is -1.11. The van der Waals surface area contributed by atoms with Gasteiger partial charge in [0, 0.05) is 30.0 Å². The summed E-state index contributed by atoms with van der Waals surface area (Å²) >= 11 is 3.47. The second-order valence-electron chi connectivity index (χ2n) is 5.21. The third-order valence-electron chi connectivity index (χ3n) is 3.53. The third kappa shape index (κ3) is 4.43. The standard InChI is InChI=1S/C15H22BrN3O2/c1-11(10-17-2)15(20)18-13-9-12(16)3-4-14(13)19-5-7-21-8-6-19/h3-4,9,11,17H,5-8,10H2,1-2H3,(H,18,20). The molecule has 0 aliphatic carbocycles. The molecule has 1 unspecified atom stereocenters. The first-order valence-corrected chi connectivity index (χ1v) is 7.99. The second-order valence-corrected chi connectivity index (χ2v) is 6.12. The smallest absolute Gasteiger partial charge is 0.228 e. The van der Waals surface area contributed by atoms with Gasteiger partial charge in [-0.05, 0) is 25.2 Å². The van der Waals surface area contributed by atoms with E-state index >= 15 is 0 Å². The van der Waals surface area contributed by atoms with Crippen molar-refractivity contribution in [1.29, 1.82) is 0 Å². The zero-order chi connectivity index (χ0) is 15.2. The van der Waals surface area contributed by atoms with Crippen molar-refractivity contribution in [1.82, 2.24) is 5.32 Å². The number of carbonyl (C=O) groups excluding carboxylic acids is 1. The van der Waals surface area contributed by atoms with Gasteiger partial charge in [0.15, 0.2) is 0 Å². The van der Waals surface area contributed by atoms with E-state index in [0.29, 0.717) is 6.54 Å². The van der Waals surface area contributed by atoms with Gasteiger partial charge in [-0.3, -0.25) is 4.79 Å². The number of anilines is 2. The molecule has 1 heterocycles. The predicted molar refractivity (Wildman–Crippen MR) is 88.9 cm³/mol. The molecule has 1 aliphatic heterocycles. The van der Waals surface area contributed by atoms with Gasteiger partial charge in [-0.1, -0.05) is 22.9 Å². The fourth-order valence-corrected chi connectivity index (χ4v) is 2.70. The number of rotatable bonds is 5. The molecule has 2 rings (SSSR count). The van der Waals surface area contributed by atoms with Gasteiger partial charge in [0.25, 0.3) is 0 Å². The van der Waals surface area contributed by atoms with E-state index in [0.717, 1.165) is 42.2 Å². The van der Waals surface area contributed by atoms with Gasteiger partial charge in [0.1, 0.15) is 0 Å². The maximum atomic E-state index is 12.2. The average molecular weight is 356 g/mol. The summed E-state index contributed by atoms with van der Waals surface area (Å²) in [7, 11) is 1.85. The molecule has 5 nitrogen and oxygen atoms in total. The number of nitrogens with zero attached hydrogens (tertiary/aromatic N) is 1. The van der Waals surface area contributed by atoms with E-state index < -0.39 is 0 Å². The van der Waals surface area contributed by atoms with E-state index in [1.807, 2.05) is 32.2 Å². The number of amides is 1. The first-order chi connectivity index (χ1) is 10.1. The lowest BCUT2D eigenvalue weighted by molar-refractivity contribution is -0.119. The van der Waals surface area contributed by atoms with Crippen molar-refractivity contribution in [3.8, 4) is 0 Å². The molecule has 21 heavy (non-hydrogen) atoms. The zero-order valence-corrected chi connectivity index (χ0v) is 14.1. The first kappa shape index (κ1) is 16.3. The van der Waals surface area contributed by atoms with Crippen molar-refractivity contribution in [2.75, 3.05) is 50.1 Å². The SMILES string of the molecule is CNCC(C)C(=O)Nc1cc(Br)ccc1N1CCOCC1. The fraction of sp³-hybridized carbons (Fsp3) is 0.533. The summed E-state index contributed by atoms with van der Waals surface area (Å²) in [6.07, 6.45) is 0. The van der Waals surface area contributed by atoms with Gasteiger partial charge in [-0.15, -0.1) is 0 Å². The first-order valence-electron chi connectivity index (χ1n) is 7.19. The summed E-state index contributed by atoms with van der Waals surface area (Å²) in [6.45, 7) is 5.71. The highest BCUT2D eigenvalue weighted by Gasteiger charge is 2.18. The molecule has 1 aromatic rings. The van der Waals surface area contributed by atoms with Crippen LogP contribution in [-0.4, -0.2) is 45.8 Å². The number of morpholine rings is 1. The highest BCUT2D eigenvalue weighted by Crippen LogP contribution is 2.30. The molecule has 1 atom stereocenters. The highest BCUT2D eigenvalue weighted by atomic mass is 79.9. The molecular weight excluding hydrogens is 334 g/mol. The molecule has 0 spiro atoms. The molecule has 0 aromatic heterocycles. The number of benzene rings is 1. The Balaban J connectivity index is 2.16. The molecule has 1 amide bonds. The van der Waals surface area contributed by atoms with Crippen molar-refractivity contribution >= 4 is 33.2 Å². The third-order valence-corrected chi connectivity index (χ3v) is 4.02. The number of ether oxygens (including phenoxy) is 1. The zero-order valence-electron chi connectivity index (χ0n) is 12.5. The van der Waals surface area contributed by atoms with Crippen molar-refractivity contribution < 1.29 is 9.53 Å². The van der Waals surface area contributed by atoms with Crippen LogP contribution in [0, 0.1) is 5.92 Å². The molecule has 1 aliphatic rings. The molecule has 0 bridgehead atoms. The molecule has 1 fully saturated rings. The lowest BCUT2D eigenvalue weighted by atomic mass is 10.1. The summed E-state index contributed by atoms with van der Waals surface area (Å²) < 4.78 is 6.34. The van der Waals surface area contributed by atoms with Crippen molar-refractivity contribution in [3.63, 3.8) is 0 Å². The summed E-state index contributed by atoms with van der Waals surface area (Å²) in [5.74, 6) is -0.0523. The Labute approximate surface area is 134 Å². The Bertz CT molecular complexity index is 490. The molecule has 0 saturated carbocycles. The van der Waals surface area contributed by atoms with Gasteiger partial charge in [0.05, 0.1) is 24.6 Å². The second kappa shape index (κ2) is 7.77. The van der Waals surface area contributed by atoms with Crippen LogP contribution in [0.25, 0.3) is 0 Å². The van der Waals surface area contributed by atoms with Crippen molar-refractivity contribution in [2.45, 2.75) is 6.92 Å². The van der Waals surface area contributed by atoms with Gasteiger partial charge >= 0.3 is 0 Å². The average Bonchev–Trinajstić information content (AvgIpc) is 2.48. The van der Waals surface area contributed by atoms with Gasteiger partial charge in [0.2, 0.25) is 5.91 Å². The molecule has 2 N–H and O–H groups in total.